The number of fused-ring (bicyclic) bond motifs is 4. The summed E-state index contributed by atoms with van der Waals surface area (Å²) in [4.78, 5) is 54.4. The van der Waals surface area contributed by atoms with Crippen LogP contribution in [0.4, 0.5) is 20.2 Å². The molecule has 2 saturated heterocycles. The maximum absolute atomic E-state index is 15.2. The first kappa shape index (κ1) is 47.7. The van der Waals surface area contributed by atoms with Gasteiger partial charge in [0.25, 0.3) is 0 Å². The van der Waals surface area contributed by atoms with Gasteiger partial charge >= 0.3 is 11.9 Å². The number of rotatable bonds is 9. The standard InChI is InChI=1S/C28H26FN3O3.C17H18FN3O3.C11H9Br/c29-24-14-22-25(32(20-8-9-20)17-23(27(22)33)28(34)35)15-26(24)31-12-10-30(11-13-31)16-19-6-3-5-18-4-1-2-7-21(18)19;18-13-7-11-14(8-15(13)20-5-3-19-4-6-20)21(10-1-2-10)9-12(16(11)22)17(23)24;12-8-10-6-3-5-9-4-1-2-7-11(9)10/h1-7,14-15,17,20H,8-13,16H2,(H,34,35);7-10,19H,1-6H2,(H,23,24);1-7H,8H2. The number of alkyl halides is 1. The molecule has 0 bridgehead atoms. The zero-order valence-electron chi connectivity index (χ0n) is 39.0. The smallest absolute Gasteiger partial charge is 0.341 e. The zero-order valence-corrected chi connectivity index (χ0v) is 40.6. The minimum Gasteiger partial charge on any atom is -0.477 e. The van der Waals surface area contributed by atoms with Gasteiger partial charge in [-0.15, -0.1) is 0 Å². The number of hydrogen-bond acceptors (Lipinski definition) is 8. The summed E-state index contributed by atoms with van der Waals surface area (Å²) in [5.41, 5.74) is 2.95. The van der Waals surface area contributed by atoms with E-state index >= 15 is 4.39 Å². The van der Waals surface area contributed by atoms with Crippen molar-refractivity contribution in [3.8, 4) is 0 Å². The predicted octanol–water partition coefficient (Wildman–Crippen LogP) is 9.97. The summed E-state index contributed by atoms with van der Waals surface area (Å²) >= 11 is 3.48. The quantitative estimate of drug-likeness (QED) is 0.120. The van der Waals surface area contributed by atoms with E-state index in [0.29, 0.717) is 48.6 Å². The minimum atomic E-state index is -1.28. The number of carboxylic acids is 2. The van der Waals surface area contributed by atoms with E-state index in [1.165, 1.54) is 57.2 Å². The van der Waals surface area contributed by atoms with Crippen LogP contribution >= 0.6 is 15.9 Å². The number of pyridine rings is 2. The highest BCUT2D eigenvalue weighted by molar-refractivity contribution is 9.08. The van der Waals surface area contributed by atoms with Gasteiger partial charge < -0.3 is 34.5 Å². The first-order chi connectivity index (χ1) is 34.5. The summed E-state index contributed by atoms with van der Waals surface area (Å²) in [7, 11) is 0. The Bertz CT molecular complexity index is 3460. The molecule has 2 aliphatic carbocycles. The molecule has 6 aromatic carbocycles. The van der Waals surface area contributed by atoms with Crippen molar-refractivity contribution in [2.45, 2.75) is 49.6 Å². The molecule has 0 spiro atoms. The average Bonchev–Trinajstić information content (AvgIpc) is 4.34. The molecule has 8 aromatic rings. The summed E-state index contributed by atoms with van der Waals surface area (Å²) in [5.74, 6) is -3.52. The molecular formula is C56H53BrF2N6O6. The second kappa shape index (κ2) is 20.4. The van der Waals surface area contributed by atoms with Gasteiger partial charge in [0.05, 0.1) is 22.4 Å². The summed E-state index contributed by atoms with van der Waals surface area (Å²) in [6.07, 6.45) is 6.57. The van der Waals surface area contributed by atoms with Crippen molar-refractivity contribution in [2.75, 3.05) is 62.2 Å². The number of anilines is 2. The van der Waals surface area contributed by atoms with Crippen LogP contribution in [-0.4, -0.2) is 88.5 Å². The number of aromatic nitrogens is 2. The van der Waals surface area contributed by atoms with E-state index < -0.39 is 34.4 Å². The maximum atomic E-state index is 15.2. The highest BCUT2D eigenvalue weighted by atomic mass is 79.9. The van der Waals surface area contributed by atoms with Crippen molar-refractivity contribution in [3.63, 3.8) is 0 Å². The van der Waals surface area contributed by atoms with Crippen LogP contribution in [0.25, 0.3) is 43.4 Å². The fourth-order valence-electron chi connectivity index (χ4n) is 9.95. The van der Waals surface area contributed by atoms with E-state index in [1.54, 1.807) is 12.1 Å². The Balaban J connectivity index is 0.000000139. The molecule has 71 heavy (non-hydrogen) atoms. The molecule has 4 fully saturated rings. The summed E-state index contributed by atoms with van der Waals surface area (Å²) in [5, 5.41) is 28.3. The lowest BCUT2D eigenvalue weighted by Gasteiger charge is -2.36. The van der Waals surface area contributed by atoms with Gasteiger partial charge in [0.15, 0.2) is 0 Å². The number of nitrogens with one attached hydrogen (secondary N) is 1. The van der Waals surface area contributed by atoms with Gasteiger partial charge in [-0.05, 0) is 82.6 Å². The molecule has 2 aromatic heterocycles. The van der Waals surface area contributed by atoms with Crippen molar-refractivity contribution in [3.05, 3.63) is 176 Å². The molecule has 15 heteroatoms. The van der Waals surface area contributed by atoms with Gasteiger partial charge in [0.1, 0.15) is 22.8 Å². The van der Waals surface area contributed by atoms with Crippen molar-refractivity contribution in [1.82, 2.24) is 19.4 Å². The summed E-state index contributed by atoms with van der Waals surface area (Å²) in [6.45, 7) is 6.75. The number of halogens is 3. The molecule has 364 valence electrons. The van der Waals surface area contributed by atoms with Crippen LogP contribution < -0.4 is 26.0 Å². The average molecular weight is 1020 g/mol. The largest absolute Gasteiger partial charge is 0.477 e. The van der Waals surface area contributed by atoms with Gasteiger partial charge in [-0.3, -0.25) is 14.5 Å². The van der Waals surface area contributed by atoms with E-state index in [4.69, 9.17) is 0 Å². The Labute approximate surface area is 416 Å². The second-order valence-electron chi connectivity index (χ2n) is 18.7. The highest BCUT2D eigenvalue weighted by Gasteiger charge is 2.30. The zero-order chi connectivity index (χ0) is 49.3. The molecule has 2 aliphatic heterocycles. The van der Waals surface area contributed by atoms with Gasteiger partial charge in [0, 0.05) is 99.5 Å². The van der Waals surface area contributed by atoms with E-state index in [1.807, 2.05) is 25.0 Å². The lowest BCUT2D eigenvalue weighted by molar-refractivity contribution is 0.0684. The Morgan fingerprint density at radius 1 is 0.563 bits per heavy atom. The van der Waals surface area contributed by atoms with Crippen LogP contribution in [0.2, 0.25) is 0 Å². The van der Waals surface area contributed by atoms with E-state index in [-0.39, 0.29) is 34.0 Å². The lowest BCUT2D eigenvalue weighted by atomic mass is 10.0. The number of carbonyl (C=O) groups is 2. The van der Waals surface area contributed by atoms with Crippen LogP contribution in [0, 0.1) is 11.6 Å². The normalized spacial score (nSPS) is 16.2. The number of nitrogens with zero attached hydrogens (tertiary/aromatic N) is 5. The Hall–Kier alpha value is -6.94. The van der Waals surface area contributed by atoms with Crippen LogP contribution in [0.15, 0.2) is 131 Å². The van der Waals surface area contributed by atoms with Crippen LogP contribution in [0.5, 0.6) is 0 Å². The maximum Gasteiger partial charge on any atom is 0.341 e. The molecule has 12 rings (SSSR count). The third kappa shape index (κ3) is 10.0. The molecule has 4 aliphatic rings. The predicted molar refractivity (Wildman–Crippen MR) is 280 cm³/mol. The number of piperazine rings is 2. The van der Waals surface area contributed by atoms with Crippen molar-refractivity contribution in [2.24, 2.45) is 0 Å². The van der Waals surface area contributed by atoms with Gasteiger partial charge in [-0.2, -0.15) is 0 Å². The van der Waals surface area contributed by atoms with Crippen LogP contribution in [0.1, 0.15) is 69.6 Å². The molecule has 0 unspecified atom stereocenters. The van der Waals surface area contributed by atoms with Crippen LogP contribution in [0.3, 0.4) is 0 Å². The van der Waals surface area contributed by atoms with Crippen molar-refractivity contribution >= 4 is 82.6 Å². The van der Waals surface area contributed by atoms with E-state index in [2.05, 4.69) is 105 Å². The number of carboxylic acid groups (broad SMARTS) is 2. The minimum absolute atomic E-state index is 0.132. The SMILES string of the molecule is BrCc1cccc2ccccc12.O=C(O)c1cn(C2CC2)c2cc(N3CCN(Cc4cccc5ccccc45)CC3)c(F)cc2c1=O.O=C(O)c1cn(C2CC2)c2cc(N3CCNCC3)c(F)cc2c1=O. The van der Waals surface area contributed by atoms with Crippen molar-refractivity contribution in [1.29, 1.82) is 0 Å². The molecule has 3 N–H and O–H groups in total. The van der Waals surface area contributed by atoms with E-state index in [9.17, 15) is 33.8 Å². The van der Waals surface area contributed by atoms with Gasteiger partial charge in [0.2, 0.25) is 10.9 Å². The van der Waals surface area contributed by atoms with Gasteiger partial charge in [-0.25, -0.2) is 18.4 Å². The first-order valence-electron chi connectivity index (χ1n) is 24.1. The lowest BCUT2D eigenvalue weighted by Crippen LogP contribution is -2.46. The molecule has 4 heterocycles. The summed E-state index contributed by atoms with van der Waals surface area (Å²) in [6, 6.07) is 35.8. The Morgan fingerprint density at radius 3 is 1.46 bits per heavy atom. The van der Waals surface area contributed by atoms with Gasteiger partial charge in [-0.1, -0.05) is 101 Å². The third-order valence-corrected chi connectivity index (χ3v) is 14.6. The molecule has 2 saturated carbocycles. The van der Waals surface area contributed by atoms with Crippen molar-refractivity contribution < 1.29 is 28.6 Å². The second-order valence-corrected chi connectivity index (χ2v) is 19.2. The Kier molecular flexibility index (Phi) is 13.7. The summed E-state index contributed by atoms with van der Waals surface area (Å²) < 4.78 is 33.5. The molecule has 0 atom stereocenters. The molecule has 0 amide bonds. The number of benzene rings is 6. The first-order valence-corrected chi connectivity index (χ1v) is 25.2. The molecular weight excluding hydrogens is 971 g/mol. The third-order valence-electron chi connectivity index (χ3n) is 14.0. The van der Waals surface area contributed by atoms with Crippen LogP contribution in [-0.2, 0) is 11.9 Å². The Morgan fingerprint density at radius 2 is 1.00 bits per heavy atom. The molecule has 0 radical (unpaired) electrons. The highest BCUT2D eigenvalue weighted by Crippen LogP contribution is 2.40. The number of aromatic carboxylic acids is 2. The topological polar surface area (TPSA) is 140 Å². The number of hydrogen-bond donors (Lipinski definition) is 3. The van der Waals surface area contributed by atoms with E-state index in [0.717, 1.165) is 63.7 Å². The fraction of sp³-hybridized carbons (Fsp3) is 0.286. The fourth-order valence-corrected chi connectivity index (χ4v) is 10.4. The molecule has 12 nitrogen and oxygen atoms in total. The monoisotopic (exact) mass is 1020 g/mol.